The average molecular weight is 283 g/mol. The number of aldehydes is 1. The largest absolute Gasteiger partial charge is 0.298 e. The van der Waals surface area contributed by atoms with Crippen molar-refractivity contribution < 1.29 is 4.79 Å². The van der Waals surface area contributed by atoms with E-state index < -0.39 is 0 Å². The molecule has 0 unspecified atom stereocenters. The number of hydrogen-bond donors (Lipinski definition) is 0. The second-order valence-electron chi connectivity index (χ2n) is 3.94. The first kappa shape index (κ1) is 13.1. The highest BCUT2D eigenvalue weighted by atomic mass is 35.5. The monoisotopic (exact) mass is 282 g/mol. The van der Waals surface area contributed by atoms with Gasteiger partial charge >= 0.3 is 0 Å². The number of halogens is 2. The van der Waals surface area contributed by atoms with Gasteiger partial charge < -0.3 is 0 Å². The molecule has 0 aliphatic carbocycles. The highest BCUT2D eigenvalue weighted by Crippen LogP contribution is 2.30. The Morgan fingerprint density at radius 2 is 2.17 bits per heavy atom. The predicted octanol–water partition coefficient (Wildman–Crippen LogP) is 4.08. The lowest BCUT2D eigenvalue weighted by Crippen LogP contribution is -1.96. The summed E-state index contributed by atoms with van der Waals surface area (Å²) in [5, 5.41) is 5.44. The molecule has 1 aromatic carbocycles. The summed E-state index contributed by atoms with van der Waals surface area (Å²) in [5.41, 5.74) is 1.85. The summed E-state index contributed by atoms with van der Waals surface area (Å²) in [4.78, 5) is 11.1. The van der Waals surface area contributed by atoms with Crippen LogP contribution in [0.5, 0.6) is 0 Å². The number of aryl methyl sites for hydroxylation is 1. The Balaban J connectivity index is 2.51. The molecule has 0 amide bonds. The van der Waals surface area contributed by atoms with E-state index in [-0.39, 0.29) is 0 Å². The van der Waals surface area contributed by atoms with E-state index in [9.17, 15) is 4.79 Å². The van der Waals surface area contributed by atoms with Crippen molar-refractivity contribution in [3.05, 3.63) is 40.0 Å². The molecule has 0 aliphatic rings. The fraction of sp³-hybridized carbons (Fsp3) is 0.231. The molecule has 0 radical (unpaired) electrons. The van der Waals surface area contributed by atoms with Crippen molar-refractivity contribution in [1.29, 1.82) is 0 Å². The summed E-state index contributed by atoms with van der Waals surface area (Å²) in [6.45, 7) is 2.82. The Hall–Kier alpha value is -1.32. The molecule has 2 rings (SSSR count). The number of rotatable bonds is 4. The third kappa shape index (κ3) is 2.57. The van der Waals surface area contributed by atoms with Crippen LogP contribution in [-0.2, 0) is 6.54 Å². The van der Waals surface area contributed by atoms with Gasteiger partial charge in [0.15, 0.2) is 6.29 Å². The summed E-state index contributed by atoms with van der Waals surface area (Å²) >= 11 is 12.0. The van der Waals surface area contributed by atoms with Crippen molar-refractivity contribution in [1.82, 2.24) is 9.78 Å². The zero-order chi connectivity index (χ0) is 13.1. The Labute approximate surface area is 115 Å². The normalized spacial score (nSPS) is 10.6. The van der Waals surface area contributed by atoms with E-state index in [1.807, 2.05) is 0 Å². The van der Waals surface area contributed by atoms with Crippen molar-refractivity contribution in [3.63, 3.8) is 0 Å². The minimum atomic E-state index is 0.493. The lowest BCUT2D eigenvalue weighted by molar-refractivity contribution is 0.112. The van der Waals surface area contributed by atoms with Crippen LogP contribution in [0.25, 0.3) is 11.3 Å². The van der Waals surface area contributed by atoms with Crippen molar-refractivity contribution in [2.24, 2.45) is 0 Å². The lowest BCUT2D eigenvalue weighted by Gasteiger charge is -2.02. The molecule has 18 heavy (non-hydrogen) atoms. The first-order valence-electron chi connectivity index (χ1n) is 5.63. The first-order valence-corrected chi connectivity index (χ1v) is 6.39. The van der Waals surface area contributed by atoms with Crippen LogP contribution in [0.4, 0.5) is 0 Å². The predicted molar refractivity (Wildman–Crippen MR) is 73.4 cm³/mol. The van der Waals surface area contributed by atoms with Gasteiger partial charge in [-0.2, -0.15) is 5.10 Å². The SMILES string of the molecule is CCCn1cc(C=O)c(-c2ccc(Cl)cc2Cl)n1. The maximum absolute atomic E-state index is 11.1. The van der Waals surface area contributed by atoms with Gasteiger partial charge in [-0.05, 0) is 24.6 Å². The molecule has 5 heteroatoms. The van der Waals surface area contributed by atoms with E-state index in [1.54, 1.807) is 29.1 Å². The van der Waals surface area contributed by atoms with E-state index in [2.05, 4.69) is 12.0 Å². The Morgan fingerprint density at radius 1 is 1.39 bits per heavy atom. The lowest BCUT2D eigenvalue weighted by atomic mass is 10.1. The molecule has 0 spiro atoms. The topological polar surface area (TPSA) is 34.9 Å². The van der Waals surface area contributed by atoms with Crippen LogP contribution in [0, 0.1) is 0 Å². The fourth-order valence-corrected chi connectivity index (χ4v) is 2.26. The molecule has 94 valence electrons. The molecule has 0 aliphatic heterocycles. The number of hydrogen-bond acceptors (Lipinski definition) is 2. The molecule has 0 bridgehead atoms. The number of carbonyl (C=O) groups excluding carboxylic acids is 1. The summed E-state index contributed by atoms with van der Waals surface area (Å²) in [5.74, 6) is 0. The minimum Gasteiger partial charge on any atom is -0.298 e. The summed E-state index contributed by atoms with van der Waals surface area (Å²) in [6.07, 6.45) is 3.48. The van der Waals surface area contributed by atoms with E-state index in [4.69, 9.17) is 23.2 Å². The van der Waals surface area contributed by atoms with Gasteiger partial charge in [0.1, 0.15) is 5.69 Å². The number of benzene rings is 1. The Bertz CT molecular complexity index is 578. The molecular formula is C13H12Cl2N2O. The third-order valence-electron chi connectivity index (χ3n) is 2.56. The zero-order valence-electron chi connectivity index (χ0n) is 9.86. The van der Waals surface area contributed by atoms with Crippen LogP contribution in [-0.4, -0.2) is 16.1 Å². The molecule has 0 N–H and O–H groups in total. The minimum absolute atomic E-state index is 0.493. The maximum atomic E-state index is 11.1. The van der Waals surface area contributed by atoms with E-state index in [0.717, 1.165) is 24.8 Å². The zero-order valence-corrected chi connectivity index (χ0v) is 11.4. The van der Waals surface area contributed by atoms with Crippen LogP contribution in [0.15, 0.2) is 24.4 Å². The summed E-state index contributed by atoms with van der Waals surface area (Å²) < 4.78 is 1.75. The molecule has 1 heterocycles. The molecule has 2 aromatic rings. The third-order valence-corrected chi connectivity index (χ3v) is 3.10. The van der Waals surface area contributed by atoms with Gasteiger partial charge in [-0.3, -0.25) is 9.48 Å². The van der Waals surface area contributed by atoms with Gasteiger partial charge in [-0.1, -0.05) is 30.1 Å². The molecule has 0 saturated heterocycles. The Morgan fingerprint density at radius 3 is 2.78 bits per heavy atom. The van der Waals surface area contributed by atoms with Crippen LogP contribution < -0.4 is 0 Å². The van der Waals surface area contributed by atoms with Gasteiger partial charge in [0.25, 0.3) is 0 Å². The first-order chi connectivity index (χ1) is 8.65. The van der Waals surface area contributed by atoms with Crippen molar-refractivity contribution >= 4 is 29.5 Å². The van der Waals surface area contributed by atoms with Crippen molar-refractivity contribution in [2.45, 2.75) is 19.9 Å². The van der Waals surface area contributed by atoms with Crippen LogP contribution >= 0.6 is 23.2 Å². The molecule has 3 nitrogen and oxygen atoms in total. The van der Waals surface area contributed by atoms with Crippen LogP contribution in [0.1, 0.15) is 23.7 Å². The molecule has 0 atom stereocenters. The summed E-state index contributed by atoms with van der Waals surface area (Å²) in [7, 11) is 0. The van der Waals surface area contributed by atoms with E-state index >= 15 is 0 Å². The van der Waals surface area contributed by atoms with Gasteiger partial charge in [0.05, 0.1) is 10.6 Å². The highest BCUT2D eigenvalue weighted by molar-refractivity contribution is 6.36. The van der Waals surface area contributed by atoms with Gasteiger partial charge in [-0.15, -0.1) is 0 Å². The number of aromatic nitrogens is 2. The van der Waals surface area contributed by atoms with Crippen molar-refractivity contribution in [2.75, 3.05) is 0 Å². The Kier molecular flexibility index (Phi) is 4.04. The fourth-order valence-electron chi connectivity index (χ4n) is 1.76. The average Bonchev–Trinajstić information content (AvgIpc) is 2.72. The van der Waals surface area contributed by atoms with Crippen LogP contribution in [0.2, 0.25) is 10.0 Å². The quantitative estimate of drug-likeness (QED) is 0.792. The van der Waals surface area contributed by atoms with Gasteiger partial charge in [-0.25, -0.2) is 0 Å². The molecule has 0 saturated carbocycles. The van der Waals surface area contributed by atoms with E-state index in [1.165, 1.54) is 0 Å². The second kappa shape index (κ2) is 5.55. The second-order valence-corrected chi connectivity index (χ2v) is 4.78. The highest BCUT2D eigenvalue weighted by Gasteiger charge is 2.13. The number of nitrogens with zero attached hydrogens (tertiary/aromatic N) is 2. The number of carbonyl (C=O) groups is 1. The molecular weight excluding hydrogens is 271 g/mol. The van der Waals surface area contributed by atoms with Gasteiger partial charge in [0.2, 0.25) is 0 Å². The summed E-state index contributed by atoms with van der Waals surface area (Å²) in [6, 6.07) is 5.15. The van der Waals surface area contributed by atoms with E-state index in [0.29, 0.717) is 21.3 Å². The van der Waals surface area contributed by atoms with Crippen LogP contribution in [0.3, 0.4) is 0 Å². The standard InChI is InChI=1S/C13H12Cl2N2O/c1-2-5-17-7-9(8-18)13(16-17)11-4-3-10(14)6-12(11)15/h3-4,6-8H,2,5H2,1H3. The van der Waals surface area contributed by atoms with Crippen molar-refractivity contribution in [3.8, 4) is 11.3 Å². The maximum Gasteiger partial charge on any atom is 0.153 e. The molecule has 1 aromatic heterocycles. The molecule has 0 fully saturated rings. The smallest absolute Gasteiger partial charge is 0.153 e. The van der Waals surface area contributed by atoms with Gasteiger partial charge in [0, 0.05) is 23.3 Å².